The fraction of sp³-hybridized carbons (Fsp3) is 0.500. The summed E-state index contributed by atoms with van der Waals surface area (Å²) in [5.41, 5.74) is 1.01. The van der Waals surface area contributed by atoms with Crippen LogP contribution >= 0.6 is 24.8 Å². The number of halogens is 3. The molecule has 0 unspecified atom stereocenters. The predicted octanol–water partition coefficient (Wildman–Crippen LogP) is 2.51. The Hall–Kier alpha value is -0.350. The molecule has 98 valence electrons. The summed E-state index contributed by atoms with van der Waals surface area (Å²) in [6.45, 7) is 2.90. The van der Waals surface area contributed by atoms with Gasteiger partial charge in [0, 0.05) is 19.1 Å². The van der Waals surface area contributed by atoms with Gasteiger partial charge in [0.25, 0.3) is 0 Å². The summed E-state index contributed by atoms with van der Waals surface area (Å²) in [5, 5.41) is 6.78. The van der Waals surface area contributed by atoms with Crippen molar-refractivity contribution in [2.24, 2.45) is 0 Å². The van der Waals surface area contributed by atoms with Gasteiger partial charge in [-0.15, -0.1) is 24.8 Å². The van der Waals surface area contributed by atoms with Crippen molar-refractivity contribution < 1.29 is 4.39 Å². The fourth-order valence-electron chi connectivity index (χ4n) is 1.94. The highest BCUT2D eigenvalue weighted by atomic mass is 35.5. The zero-order valence-corrected chi connectivity index (χ0v) is 11.2. The van der Waals surface area contributed by atoms with Crippen LogP contribution < -0.4 is 10.6 Å². The van der Waals surface area contributed by atoms with Gasteiger partial charge in [-0.1, -0.05) is 12.1 Å². The highest BCUT2D eigenvalue weighted by molar-refractivity contribution is 5.85. The number of nitrogens with one attached hydrogen (secondary N) is 2. The average molecular weight is 281 g/mol. The van der Waals surface area contributed by atoms with Crippen molar-refractivity contribution in [1.29, 1.82) is 0 Å². The van der Waals surface area contributed by atoms with Gasteiger partial charge in [0.2, 0.25) is 0 Å². The molecule has 1 aromatic carbocycles. The van der Waals surface area contributed by atoms with Crippen LogP contribution in [0.2, 0.25) is 0 Å². The Bertz CT molecular complexity index is 317. The van der Waals surface area contributed by atoms with Crippen molar-refractivity contribution >= 4 is 24.8 Å². The van der Waals surface area contributed by atoms with Crippen molar-refractivity contribution in [2.45, 2.75) is 25.4 Å². The monoisotopic (exact) mass is 280 g/mol. The Kier molecular flexibility index (Phi) is 8.52. The maximum atomic E-state index is 12.9. The van der Waals surface area contributed by atoms with E-state index in [0.29, 0.717) is 6.04 Å². The molecule has 0 aromatic heterocycles. The molecule has 1 heterocycles. The van der Waals surface area contributed by atoms with E-state index in [1.807, 2.05) is 6.07 Å². The molecule has 0 spiro atoms. The molecule has 1 fully saturated rings. The van der Waals surface area contributed by atoms with Gasteiger partial charge in [-0.2, -0.15) is 0 Å². The normalized spacial score (nSPS) is 19.0. The molecule has 0 bridgehead atoms. The molecule has 2 N–H and O–H groups in total. The summed E-state index contributed by atoms with van der Waals surface area (Å²) in [7, 11) is 0. The number of rotatable bonds is 3. The SMILES string of the molecule is Cl.Cl.Fc1cccc(CN[C@H]2CCCNC2)c1. The first-order valence-electron chi connectivity index (χ1n) is 5.53. The molecule has 0 aliphatic carbocycles. The van der Waals surface area contributed by atoms with Crippen LogP contribution in [0.4, 0.5) is 4.39 Å². The van der Waals surface area contributed by atoms with Crippen LogP contribution in [-0.4, -0.2) is 19.1 Å². The van der Waals surface area contributed by atoms with Crippen molar-refractivity contribution in [3.8, 4) is 0 Å². The quantitative estimate of drug-likeness (QED) is 0.889. The first kappa shape index (κ1) is 16.6. The van der Waals surface area contributed by atoms with Crippen LogP contribution in [0.1, 0.15) is 18.4 Å². The molecule has 1 aromatic rings. The third-order valence-corrected chi connectivity index (χ3v) is 2.78. The summed E-state index contributed by atoms with van der Waals surface area (Å²) in [6, 6.07) is 7.30. The molecule has 5 heteroatoms. The van der Waals surface area contributed by atoms with Crippen LogP contribution in [0.15, 0.2) is 24.3 Å². The summed E-state index contributed by atoms with van der Waals surface area (Å²) in [6.07, 6.45) is 2.43. The van der Waals surface area contributed by atoms with Crippen LogP contribution in [0, 0.1) is 5.82 Å². The Morgan fingerprint density at radius 2 is 2.18 bits per heavy atom. The summed E-state index contributed by atoms with van der Waals surface area (Å²) in [5.74, 6) is -0.156. The molecule has 1 aliphatic rings. The van der Waals surface area contributed by atoms with Gasteiger partial charge in [-0.05, 0) is 37.1 Å². The topological polar surface area (TPSA) is 24.1 Å². The lowest BCUT2D eigenvalue weighted by Gasteiger charge is -2.23. The number of hydrogen-bond donors (Lipinski definition) is 2. The van der Waals surface area contributed by atoms with Gasteiger partial charge in [0.15, 0.2) is 0 Å². The molecular formula is C12H19Cl2FN2. The van der Waals surface area contributed by atoms with Crippen LogP contribution in [0.3, 0.4) is 0 Å². The summed E-state index contributed by atoms with van der Waals surface area (Å²) >= 11 is 0. The molecule has 0 amide bonds. The van der Waals surface area contributed by atoms with E-state index in [9.17, 15) is 4.39 Å². The van der Waals surface area contributed by atoms with Gasteiger partial charge >= 0.3 is 0 Å². The fourth-order valence-corrected chi connectivity index (χ4v) is 1.94. The third-order valence-electron chi connectivity index (χ3n) is 2.78. The Balaban J connectivity index is 0.00000128. The van der Waals surface area contributed by atoms with Crippen LogP contribution in [0.5, 0.6) is 0 Å². The second-order valence-corrected chi connectivity index (χ2v) is 4.05. The molecule has 2 rings (SSSR count). The van der Waals surface area contributed by atoms with Gasteiger partial charge in [-0.25, -0.2) is 4.39 Å². The smallest absolute Gasteiger partial charge is 0.123 e. The lowest BCUT2D eigenvalue weighted by molar-refractivity contribution is 0.389. The van der Waals surface area contributed by atoms with E-state index >= 15 is 0 Å². The van der Waals surface area contributed by atoms with E-state index in [1.54, 1.807) is 12.1 Å². The molecule has 1 saturated heterocycles. The average Bonchev–Trinajstić information content (AvgIpc) is 2.28. The van der Waals surface area contributed by atoms with Crippen molar-refractivity contribution in [3.63, 3.8) is 0 Å². The predicted molar refractivity (Wildman–Crippen MR) is 73.6 cm³/mol. The number of hydrogen-bond acceptors (Lipinski definition) is 2. The zero-order chi connectivity index (χ0) is 10.5. The molecule has 0 saturated carbocycles. The van der Waals surface area contributed by atoms with Crippen molar-refractivity contribution in [1.82, 2.24) is 10.6 Å². The van der Waals surface area contributed by atoms with Crippen molar-refractivity contribution in [3.05, 3.63) is 35.6 Å². The van der Waals surface area contributed by atoms with Gasteiger partial charge in [0.05, 0.1) is 0 Å². The molecule has 1 atom stereocenters. The molecule has 17 heavy (non-hydrogen) atoms. The molecular weight excluding hydrogens is 262 g/mol. The van der Waals surface area contributed by atoms with E-state index in [2.05, 4.69) is 10.6 Å². The zero-order valence-electron chi connectivity index (χ0n) is 9.62. The molecule has 0 radical (unpaired) electrons. The van der Waals surface area contributed by atoms with E-state index in [0.717, 1.165) is 25.2 Å². The van der Waals surface area contributed by atoms with Crippen LogP contribution in [-0.2, 0) is 6.54 Å². The second kappa shape index (κ2) is 8.70. The minimum absolute atomic E-state index is 0. The largest absolute Gasteiger partial charge is 0.315 e. The van der Waals surface area contributed by atoms with Gasteiger partial charge < -0.3 is 10.6 Å². The van der Waals surface area contributed by atoms with E-state index < -0.39 is 0 Å². The number of piperidine rings is 1. The van der Waals surface area contributed by atoms with Crippen LogP contribution in [0.25, 0.3) is 0 Å². The van der Waals surface area contributed by atoms with Gasteiger partial charge in [-0.3, -0.25) is 0 Å². The van der Waals surface area contributed by atoms with Gasteiger partial charge in [0.1, 0.15) is 5.82 Å². The molecule has 1 aliphatic heterocycles. The highest BCUT2D eigenvalue weighted by Gasteiger charge is 2.11. The van der Waals surface area contributed by atoms with E-state index in [-0.39, 0.29) is 30.6 Å². The minimum Gasteiger partial charge on any atom is -0.315 e. The Morgan fingerprint density at radius 3 is 2.82 bits per heavy atom. The Labute approximate surface area is 114 Å². The first-order valence-corrected chi connectivity index (χ1v) is 5.53. The summed E-state index contributed by atoms with van der Waals surface area (Å²) < 4.78 is 12.9. The maximum absolute atomic E-state index is 12.9. The van der Waals surface area contributed by atoms with Crippen molar-refractivity contribution in [2.75, 3.05) is 13.1 Å². The molecule has 2 nitrogen and oxygen atoms in total. The standard InChI is InChI=1S/C12H17FN2.2ClH/c13-11-4-1-3-10(7-11)8-15-12-5-2-6-14-9-12;;/h1,3-4,7,12,14-15H,2,5-6,8-9H2;2*1H/t12-;;/m0../s1. The van der Waals surface area contributed by atoms with E-state index in [1.165, 1.54) is 18.9 Å². The lowest BCUT2D eigenvalue weighted by atomic mass is 10.1. The first-order chi connectivity index (χ1) is 7.34. The van der Waals surface area contributed by atoms with E-state index in [4.69, 9.17) is 0 Å². The number of benzene rings is 1. The summed E-state index contributed by atoms with van der Waals surface area (Å²) in [4.78, 5) is 0. The minimum atomic E-state index is -0.156. The Morgan fingerprint density at radius 1 is 1.35 bits per heavy atom. The third kappa shape index (κ3) is 5.68. The maximum Gasteiger partial charge on any atom is 0.123 e. The highest BCUT2D eigenvalue weighted by Crippen LogP contribution is 2.06. The lowest BCUT2D eigenvalue weighted by Crippen LogP contribution is -2.42. The second-order valence-electron chi connectivity index (χ2n) is 4.05.